The molecule has 0 amide bonds. The molecule has 1 rings (SSSR count). The van der Waals surface area contributed by atoms with Crippen LogP contribution in [0.5, 0.6) is 0 Å². The van der Waals surface area contributed by atoms with Gasteiger partial charge in [0.1, 0.15) is 0 Å². The van der Waals surface area contributed by atoms with Gasteiger partial charge in [-0.15, -0.1) is 0 Å². The molecule has 0 unspecified atom stereocenters. The molecular formula is C15H23NO3S. The molecule has 112 valence electrons. The predicted octanol–water partition coefficient (Wildman–Crippen LogP) is 2.99. The third-order valence-corrected chi connectivity index (χ3v) is 4.87. The van der Waals surface area contributed by atoms with E-state index in [0.29, 0.717) is 5.56 Å². The zero-order chi connectivity index (χ0) is 15.3. The van der Waals surface area contributed by atoms with Crippen LogP contribution in [-0.4, -0.2) is 20.2 Å². The predicted molar refractivity (Wildman–Crippen MR) is 80.3 cm³/mol. The Balaban J connectivity index is 2.97. The molecule has 0 saturated heterocycles. The maximum absolute atomic E-state index is 12.2. The van der Waals surface area contributed by atoms with Gasteiger partial charge in [-0.25, -0.2) is 13.1 Å². The molecule has 0 radical (unpaired) electrons. The van der Waals surface area contributed by atoms with E-state index in [9.17, 15) is 13.2 Å². The average molecular weight is 297 g/mol. The van der Waals surface area contributed by atoms with Crippen molar-refractivity contribution >= 4 is 15.8 Å². The molecule has 4 nitrogen and oxygen atoms in total. The van der Waals surface area contributed by atoms with Gasteiger partial charge in [0.15, 0.2) is 5.78 Å². The summed E-state index contributed by atoms with van der Waals surface area (Å²) in [5.41, 5.74) is 0.571. The minimum absolute atomic E-state index is 0.00578. The quantitative estimate of drug-likeness (QED) is 0.787. The topological polar surface area (TPSA) is 63.2 Å². The molecule has 0 bridgehead atoms. The number of carbonyl (C=O) groups is 1. The smallest absolute Gasteiger partial charge is 0.240 e. The van der Waals surface area contributed by atoms with E-state index in [-0.39, 0.29) is 22.6 Å². The van der Waals surface area contributed by atoms with Gasteiger partial charge < -0.3 is 0 Å². The van der Waals surface area contributed by atoms with Gasteiger partial charge >= 0.3 is 0 Å². The monoisotopic (exact) mass is 297 g/mol. The van der Waals surface area contributed by atoms with Crippen molar-refractivity contribution in [1.29, 1.82) is 0 Å². The molecule has 0 atom stereocenters. The molecule has 0 aromatic heterocycles. The van der Waals surface area contributed by atoms with E-state index >= 15 is 0 Å². The van der Waals surface area contributed by atoms with E-state index in [1.54, 1.807) is 26.0 Å². The minimum atomic E-state index is -3.49. The Bertz CT molecular complexity index is 543. The molecule has 1 aromatic carbocycles. The number of benzene rings is 1. The zero-order valence-electron chi connectivity index (χ0n) is 12.5. The van der Waals surface area contributed by atoms with E-state index in [4.69, 9.17) is 0 Å². The van der Waals surface area contributed by atoms with Crippen molar-refractivity contribution in [2.24, 2.45) is 5.92 Å². The van der Waals surface area contributed by atoms with Gasteiger partial charge in [-0.1, -0.05) is 26.0 Å². The van der Waals surface area contributed by atoms with Crippen LogP contribution < -0.4 is 4.72 Å². The lowest BCUT2D eigenvalue weighted by Gasteiger charge is -2.12. The number of hydrogen-bond donors (Lipinski definition) is 1. The molecule has 1 aromatic rings. The highest BCUT2D eigenvalue weighted by atomic mass is 32.2. The summed E-state index contributed by atoms with van der Waals surface area (Å²) >= 11 is 0. The number of carbonyl (C=O) groups excluding carboxylic acids is 1. The molecule has 0 fully saturated rings. The molecule has 20 heavy (non-hydrogen) atoms. The third kappa shape index (κ3) is 4.15. The van der Waals surface area contributed by atoms with Crippen LogP contribution in [0.2, 0.25) is 0 Å². The SMILES string of the molecule is CCC(CC)C(=O)c1ccc(S(=O)(=O)NC(C)C)cc1. The number of nitrogens with one attached hydrogen (secondary N) is 1. The van der Waals surface area contributed by atoms with E-state index in [1.165, 1.54) is 12.1 Å². The van der Waals surface area contributed by atoms with Crippen molar-refractivity contribution in [3.63, 3.8) is 0 Å². The van der Waals surface area contributed by atoms with E-state index < -0.39 is 10.0 Å². The Morgan fingerprint density at radius 1 is 1.10 bits per heavy atom. The summed E-state index contributed by atoms with van der Waals surface area (Å²) in [5.74, 6) is 0.0852. The van der Waals surface area contributed by atoms with Gasteiger partial charge in [0.2, 0.25) is 10.0 Å². The summed E-state index contributed by atoms with van der Waals surface area (Å²) in [7, 11) is -3.49. The highest BCUT2D eigenvalue weighted by Crippen LogP contribution is 2.18. The van der Waals surface area contributed by atoms with Crippen molar-refractivity contribution in [1.82, 2.24) is 4.72 Å². The van der Waals surface area contributed by atoms with Gasteiger partial charge in [0.05, 0.1) is 4.90 Å². The van der Waals surface area contributed by atoms with Crippen LogP contribution in [0.4, 0.5) is 0 Å². The lowest BCUT2D eigenvalue weighted by Crippen LogP contribution is -2.30. The summed E-state index contributed by atoms with van der Waals surface area (Å²) in [6, 6.07) is 6.00. The highest BCUT2D eigenvalue weighted by molar-refractivity contribution is 7.89. The first-order chi connectivity index (χ1) is 9.31. The normalized spacial score (nSPS) is 12.1. The van der Waals surface area contributed by atoms with Gasteiger partial charge in [0, 0.05) is 17.5 Å². The molecular weight excluding hydrogens is 274 g/mol. The lowest BCUT2D eigenvalue weighted by atomic mass is 9.93. The summed E-state index contributed by atoms with van der Waals surface area (Å²) in [5, 5.41) is 0. The molecule has 0 aliphatic carbocycles. The molecule has 0 spiro atoms. The van der Waals surface area contributed by atoms with Crippen molar-refractivity contribution in [2.75, 3.05) is 0 Å². The summed E-state index contributed by atoms with van der Waals surface area (Å²) in [6.45, 7) is 7.50. The second kappa shape index (κ2) is 6.99. The molecule has 1 N–H and O–H groups in total. The summed E-state index contributed by atoms with van der Waals surface area (Å²) in [4.78, 5) is 12.4. The van der Waals surface area contributed by atoms with Gasteiger partial charge in [-0.2, -0.15) is 0 Å². The van der Waals surface area contributed by atoms with Crippen LogP contribution in [0.25, 0.3) is 0 Å². The molecule has 0 heterocycles. The van der Waals surface area contributed by atoms with Crippen LogP contribution in [0.15, 0.2) is 29.2 Å². The van der Waals surface area contributed by atoms with E-state index in [2.05, 4.69) is 4.72 Å². The largest absolute Gasteiger partial charge is 0.294 e. The maximum atomic E-state index is 12.2. The average Bonchev–Trinajstić information content (AvgIpc) is 2.38. The van der Waals surface area contributed by atoms with Crippen LogP contribution in [-0.2, 0) is 10.0 Å². The fraction of sp³-hybridized carbons (Fsp3) is 0.533. The number of ketones is 1. The Kier molecular flexibility index (Phi) is 5.89. The van der Waals surface area contributed by atoms with E-state index in [0.717, 1.165) is 12.8 Å². The molecule has 0 aliphatic rings. The maximum Gasteiger partial charge on any atom is 0.240 e. The van der Waals surface area contributed by atoms with Crippen molar-refractivity contribution in [3.8, 4) is 0 Å². The number of hydrogen-bond acceptors (Lipinski definition) is 3. The van der Waals surface area contributed by atoms with Crippen molar-refractivity contribution < 1.29 is 13.2 Å². The minimum Gasteiger partial charge on any atom is -0.294 e. The summed E-state index contributed by atoms with van der Waals surface area (Å²) < 4.78 is 26.5. The van der Waals surface area contributed by atoms with Crippen LogP contribution in [0.1, 0.15) is 50.9 Å². The van der Waals surface area contributed by atoms with E-state index in [1.807, 2.05) is 13.8 Å². The van der Waals surface area contributed by atoms with Crippen molar-refractivity contribution in [2.45, 2.75) is 51.5 Å². The Morgan fingerprint density at radius 3 is 2.00 bits per heavy atom. The first kappa shape index (κ1) is 16.9. The van der Waals surface area contributed by atoms with Crippen molar-refractivity contribution in [3.05, 3.63) is 29.8 Å². The molecule has 0 aliphatic heterocycles. The zero-order valence-corrected chi connectivity index (χ0v) is 13.3. The summed E-state index contributed by atoms with van der Waals surface area (Å²) in [6.07, 6.45) is 1.59. The second-order valence-corrected chi connectivity index (χ2v) is 6.89. The number of Topliss-reactive ketones (excluding diaryl/α,β-unsaturated/α-hetero) is 1. The Morgan fingerprint density at radius 2 is 1.60 bits per heavy atom. The fourth-order valence-electron chi connectivity index (χ4n) is 2.07. The Labute approximate surface area is 121 Å². The van der Waals surface area contributed by atoms with Crippen LogP contribution in [0.3, 0.4) is 0 Å². The third-order valence-electron chi connectivity index (χ3n) is 3.20. The second-order valence-electron chi connectivity index (χ2n) is 5.18. The first-order valence-electron chi connectivity index (χ1n) is 6.98. The molecule has 0 saturated carbocycles. The standard InChI is InChI=1S/C15H23NO3S/c1-5-12(6-2)15(17)13-7-9-14(10-8-13)20(18,19)16-11(3)4/h7-12,16H,5-6H2,1-4H3. The molecule has 5 heteroatoms. The van der Waals surface area contributed by atoms with Crippen LogP contribution >= 0.6 is 0 Å². The lowest BCUT2D eigenvalue weighted by molar-refractivity contribution is 0.0913. The van der Waals surface area contributed by atoms with Gasteiger partial charge in [-0.05, 0) is 38.8 Å². The number of sulfonamides is 1. The van der Waals surface area contributed by atoms with Gasteiger partial charge in [-0.3, -0.25) is 4.79 Å². The van der Waals surface area contributed by atoms with Gasteiger partial charge in [0.25, 0.3) is 0 Å². The Hall–Kier alpha value is -1.20. The first-order valence-corrected chi connectivity index (χ1v) is 8.46. The van der Waals surface area contributed by atoms with Crippen LogP contribution in [0, 0.1) is 5.92 Å². The number of rotatable bonds is 7. The highest BCUT2D eigenvalue weighted by Gasteiger charge is 2.19. The fourth-order valence-corrected chi connectivity index (χ4v) is 3.32.